The Hall–Kier alpha value is -1.55. The van der Waals surface area contributed by atoms with E-state index in [2.05, 4.69) is 44.0 Å². The molecule has 4 nitrogen and oxygen atoms in total. The summed E-state index contributed by atoms with van der Waals surface area (Å²) in [6.07, 6.45) is 0.794. The first-order valence-electron chi connectivity index (χ1n) is 7.27. The summed E-state index contributed by atoms with van der Waals surface area (Å²) < 4.78 is 5.65. The van der Waals surface area contributed by atoms with Gasteiger partial charge in [-0.05, 0) is 37.6 Å². The third-order valence-electron chi connectivity index (χ3n) is 4.59. The summed E-state index contributed by atoms with van der Waals surface area (Å²) in [6.45, 7) is 6.46. The number of aryl methyl sites for hydroxylation is 1. The molecule has 1 saturated heterocycles. The van der Waals surface area contributed by atoms with Crippen LogP contribution in [0.2, 0.25) is 0 Å². The molecule has 1 amide bonds. The van der Waals surface area contributed by atoms with Crippen molar-refractivity contribution >= 4 is 6.09 Å². The molecule has 20 heavy (non-hydrogen) atoms. The summed E-state index contributed by atoms with van der Waals surface area (Å²) in [6, 6.07) is 6.74. The van der Waals surface area contributed by atoms with Gasteiger partial charge in [0.25, 0.3) is 0 Å². The number of hydrogen-bond acceptors (Lipinski definition) is 3. The van der Waals surface area contributed by atoms with E-state index < -0.39 is 0 Å². The molecular weight excluding hydrogens is 252 g/mol. The first-order chi connectivity index (χ1) is 9.54. The predicted molar refractivity (Wildman–Crippen MR) is 77.4 cm³/mol. The highest BCUT2D eigenvalue weighted by Crippen LogP contribution is 2.27. The summed E-state index contributed by atoms with van der Waals surface area (Å²) >= 11 is 0. The second kappa shape index (κ2) is 5.09. The van der Waals surface area contributed by atoms with Gasteiger partial charge in [-0.15, -0.1) is 0 Å². The van der Waals surface area contributed by atoms with E-state index in [1.54, 1.807) is 4.90 Å². The fraction of sp³-hybridized carbons (Fsp3) is 0.562. The SMILES string of the molecule is Cc1cccc2c1CN(C(=O)OC1CC(C)N(C)C1)C2. The number of likely N-dealkylation sites (tertiary alicyclic amines) is 1. The third kappa shape index (κ3) is 2.40. The largest absolute Gasteiger partial charge is 0.445 e. The number of rotatable bonds is 1. The molecule has 0 spiro atoms. The molecule has 2 heterocycles. The Morgan fingerprint density at radius 1 is 1.35 bits per heavy atom. The lowest BCUT2D eigenvalue weighted by Crippen LogP contribution is -2.31. The Balaban J connectivity index is 1.62. The minimum atomic E-state index is -0.173. The second-order valence-electron chi connectivity index (χ2n) is 6.10. The van der Waals surface area contributed by atoms with E-state index in [4.69, 9.17) is 4.74 Å². The van der Waals surface area contributed by atoms with Crippen LogP contribution in [0.5, 0.6) is 0 Å². The predicted octanol–water partition coefficient (Wildman–Crippen LogP) is 2.54. The van der Waals surface area contributed by atoms with E-state index in [1.165, 1.54) is 16.7 Å². The monoisotopic (exact) mass is 274 g/mol. The number of hydrogen-bond donors (Lipinski definition) is 0. The fourth-order valence-corrected chi connectivity index (χ4v) is 3.16. The van der Waals surface area contributed by atoms with Crippen LogP contribution in [0.3, 0.4) is 0 Å². The zero-order valence-electron chi connectivity index (χ0n) is 12.4. The molecule has 0 aromatic heterocycles. The highest BCUT2D eigenvalue weighted by Gasteiger charge is 2.32. The van der Waals surface area contributed by atoms with E-state index in [-0.39, 0.29) is 12.2 Å². The van der Waals surface area contributed by atoms with Gasteiger partial charge in [-0.25, -0.2) is 4.79 Å². The minimum Gasteiger partial charge on any atom is -0.445 e. The molecular formula is C16H22N2O2. The second-order valence-corrected chi connectivity index (χ2v) is 6.10. The quantitative estimate of drug-likeness (QED) is 0.789. The molecule has 0 bridgehead atoms. The maximum absolute atomic E-state index is 12.3. The average molecular weight is 274 g/mol. The highest BCUT2D eigenvalue weighted by molar-refractivity contribution is 5.69. The molecule has 2 atom stereocenters. The number of benzene rings is 1. The minimum absolute atomic E-state index is 0.0345. The Morgan fingerprint density at radius 3 is 2.80 bits per heavy atom. The standard InChI is InChI=1S/C16H22N2O2/c1-11-5-4-6-13-8-18(10-15(11)13)16(19)20-14-7-12(2)17(3)9-14/h4-6,12,14H,7-10H2,1-3H3. The molecule has 2 aliphatic heterocycles. The number of likely N-dealkylation sites (N-methyl/N-ethyl adjacent to an activating group) is 1. The van der Waals surface area contributed by atoms with Gasteiger partial charge in [0.05, 0.1) is 0 Å². The molecule has 1 aromatic rings. The molecule has 1 aromatic carbocycles. The molecule has 4 heteroatoms. The Labute approximate surface area is 120 Å². The van der Waals surface area contributed by atoms with Crippen LogP contribution in [0.1, 0.15) is 30.0 Å². The summed E-state index contributed by atoms with van der Waals surface area (Å²) in [7, 11) is 2.08. The van der Waals surface area contributed by atoms with Crippen molar-refractivity contribution in [3.8, 4) is 0 Å². The van der Waals surface area contributed by atoms with Gasteiger partial charge in [0.1, 0.15) is 6.10 Å². The number of amides is 1. The lowest BCUT2D eigenvalue weighted by molar-refractivity contribution is 0.0659. The molecule has 0 N–H and O–H groups in total. The maximum atomic E-state index is 12.3. The van der Waals surface area contributed by atoms with E-state index in [1.807, 2.05) is 0 Å². The van der Waals surface area contributed by atoms with Crippen molar-refractivity contribution < 1.29 is 9.53 Å². The van der Waals surface area contributed by atoms with E-state index in [0.717, 1.165) is 13.0 Å². The number of fused-ring (bicyclic) bond motifs is 1. The lowest BCUT2D eigenvalue weighted by Gasteiger charge is -2.19. The number of nitrogens with zero attached hydrogens (tertiary/aromatic N) is 2. The van der Waals surface area contributed by atoms with Crippen LogP contribution in [-0.2, 0) is 17.8 Å². The summed E-state index contributed by atoms with van der Waals surface area (Å²) in [5, 5.41) is 0. The van der Waals surface area contributed by atoms with Crippen LogP contribution < -0.4 is 0 Å². The maximum Gasteiger partial charge on any atom is 0.410 e. The van der Waals surface area contributed by atoms with Gasteiger partial charge in [-0.2, -0.15) is 0 Å². The van der Waals surface area contributed by atoms with E-state index in [0.29, 0.717) is 19.1 Å². The Morgan fingerprint density at radius 2 is 2.15 bits per heavy atom. The van der Waals surface area contributed by atoms with E-state index >= 15 is 0 Å². The molecule has 0 radical (unpaired) electrons. The van der Waals surface area contributed by atoms with Gasteiger partial charge in [0, 0.05) is 32.1 Å². The van der Waals surface area contributed by atoms with Crippen LogP contribution >= 0.6 is 0 Å². The van der Waals surface area contributed by atoms with Crippen LogP contribution in [0.15, 0.2) is 18.2 Å². The van der Waals surface area contributed by atoms with Crippen molar-refractivity contribution in [2.75, 3.05) is 13.6 Å². The molecule has 0 aliphatic carbocycles. The smallest absolute Gasteiger partial charge is 0.410 e. The van der Waals surface area contributed by atoms with Gasteiger partial charge in [-0.3, -0.25) is 9.80 Å². The summed E-state index contributed by atoms with van der Waals surface area (Å²) in [4.78, 5) is 16.3. The van der Waals surface area contributed by atoms with Crippen LogP contribution in [0, 0.1) is 6.92 Å². The first kappa shape index (κ1) is 13.4. The van der Waals surface area contributed by atoms with Gasteiger partial charge in [0.15, 0.2) is 0 Å². The van der Waals surface area contributed by atoms with Gasteiger partial charge < -0.3 is 4.74 Å². The third-order valence-corrected chi connectivity index (χ3v) is 4.59. The van der Waals surface area contributed by atoms with Crippen molar-refractivity contribution in [1.82, 2.24) is 9.80 Å². The first-order valence-corrected chi connectivity index (χ1v) is 7.27. The molecule has 0 saturated carbocycles. The molecule has 1 fully saturated rings. The topological polar surface area (TPSA) is 32.8 Å². The van der Waals surface area contributed by atoms with Crippen LogP contribution in [0.4, 0.5) is 4.79 Å². The summed E-state index contributed by atoms with van der Waals surface area (Å²) in [5.74, 6) is 0. The fourth-order valence-electron chi connectivity index (χ4n) is 3.16. The van der Waals surface area contributed by atoms with Gasteiger partial charge in [0.2, 0.25) is 0 Å². The van der Waals surface area contributed by atoms with E-state index in [9.17, 15) is 4.79 Å². The van der Waals surface area contributed by atoms with Gasteiger partial charge >= 0.3 is 6.09 Å². The van der Waals surface area contributed by atoms with Crippen molar-refractivity contribution in [2.45, 2.75) is 45.5 Å². The zero-order valence-corrected chi connectivity index (χ0v) is 12.4. The highest BCUT2D eigenvalue weighted by atomic mass is 16.6. The summed E-state index contributed by atoms with van der Waals surface area (Å²) in [5.41, 5.74) is 3.78. The molecule has 2 aliphatic rings. The lowest BCUT2D eigenvalue weighted by atomic mass is 10.1. The average Bonchev–Trinajstić information content (AvgIpc) is 2.95. The Kier molecular flexibility index (Phi) is 3.42. The van der Waals surface area contributed by atoms with Crippen LogP contribution in [-0.4, -0.2) is 41.6 Å². The van der Waals surface area contributed by atoms with Crippen LogP contribution in [0.25, 0.3) is 0 Å². The molecule has 108 valence electrons. The van der Waals surface area contributed by atoms with Crippen molar-refractivity contribution in [3.63, 3.8) is 0 Å². The van der Waals surface area contributed by atoms with Crippen molar-refractivity contribution in [1.29, 1.82) is 0 Å². The zero-order chi connectivity index (χ0) is 14.3. The number of carbonyl (C=O) groups is 1. The van der Waals surface area contributed by atoms with Crippen molar-refractivity contribution in [2.24, 2.45) is 0 Å². The number of carbonyl (C=O) groups excluding carboxylic acids is 1. The normalized spacial score (nSPS) is 25.9. The molecule has 2 unspecified atom stereocenters. The van der Waals surface area contributed by atoms with Crippen molar-refractivity contribution in [3.05, 3.63) is 34.9 Å². The number of ether oxygens (including phenoxy) is 1. The molecule has 3 rings (SSSR count). The van der Waals surface area contributed by atoms with Gasteiger partial charge in [-0.1, -0.05) is 18.2 Å². The Bertz CT molecular complexity index is 519.